The number of rotatable bonds is 5. The SMILES string of the molecule is CCN(CC)c1cc(Cl)cc(CN(C)C(=O)OC(C)(C)C)n1. The Hall–Kier alpha value is -1.49. The molecule has 1 rings (SSSR count). The molecule has 0 saturated carbocycles. The van der Waals surface area contributed by atoms with Crippen LogP contribution in [0.15, 0.2) is 12.1 Å². The molecule has 5 nitrogen and oxygen atoms in total. The first-order chi connectivity index (χ1) is 10.2. The van der Waals surface area contributed by atoms with Gasteiger partial charge in [0.05, 0.1) is 12.2 Å². The highest BCUT2D eigenvalue weighted by atomic mass is 35.5. The fraction of sp³-hybridized carbons (Fsp3) is 0.625. The fourth-order valence-corrected chi connectivity index (χ4v) is 2.20. The van der Waals surface area contributed by atoms with Gasteiger partial charge in [0.25, 0.3) is 0 Å². The van der Waals surface area contributed by atoms with E-state index in [-0.39, 0.29) is 6.09 Å². The molecule has 6 heteroatoms. The lowest BCUT2D eigenvalue weighted by Gasteiger charge is -2.25. The van der Waals surface area contributed by atoms with E-state index in [1.165, 1.54) is 4.90 Å². The van der Waals surface area contributed by atoms with Crippen LogP contribution in [0.3, 0.4) is 0 Å². The fourth-order valence-electron chi connectivity index (χ4n) is 1.97. The smallest absolute Gasteiger partial charge is 0.410 e. The van der Waals surface area contributed by atoms with E-state index in [1.54, 1.807) is 13.1 Å². The number of amides is 1. The molecule has 1 amide bonds. The zero-order valence-electron chi connectivity index (χ0n) is 14.3. The molecular formula is C16H26ClN3O2. The summed E-state index contributed by atoms with van der Waals surface area (Å²) in [5.74, 6) is 0.824. The van der Waals surface area contributed by atoms with E-state index in [2.05, 4.69) is 23.7 Å². The summed E-state index contributed by atoms with van der Waals surface area (Å²) >= 11 is 6.18. The summed E-state index contributed by atoms with van der Waals surface area (Å²) < 4.78 is 5.34. The highest BCUT2D eigenvalue weighted by Crippen LogP contribution is 2.20. The average molecular weight is 328 g/mol. The van der Waals surface area contributed by atoms with E-state index in [0.29, 0.717) is 11.6 Å². The van der Waals surface area contributed by atoms with Gasteiger partial charge in [0.15, 0.2) is 0 Å². The van der Waals surface area contributed by atoms with Crippen molar-refractivity contribution in [2.45, 2.75) is 46.8 Å². The van der Waals surface area contributed by atoms with Crippen molar-refractivity contribution in [2.75, 3.05) is 25.0 Å². The van der Waals surface area contributed by atoms with Crippen LogP contribution in [0.2, 0.25) is 5.02 Å². The number of pyridine rings is 1. The Balaban J connectivity index is 2.87. The molecule has 0 bridgehead atoms. The molecular weight excluding hydrogens is 302 g/mol. The molecule has 1 aromatic heterocycles. The molecule has 0 aliphatic carbocycles. The molecule has 0 N–H and O–H groups in total. The monoisotopic (exact) mass is 327 g/mol. The molecule has 1 heterocycles. The quantitative estimate of drug-likeness (QED) is 0.821. The van der Waals surface area contributed by atoms with E-state index in [1.807, 2.05) is 26.8 Å². The number of nitrogens with zero attached hydrogens (tertiary/aromatic N) is 3. The van der Waals surface area contributed by atoms with Crippen molar-refractivity contribution in [3.05, 3.63) is 22.8 Å². The Bertz CT molecular complexity index is 511. The molecule has 1 aromatic rings. The highest BCUT2D eigenvalue weighted by molar-refractivity contribution is 6.30. The average Bonchev–Trinajstić information content (AvgIpc) is 2.37. The van der Waals surface area contributed by atoms with Gasteiger partial charge >= 0.3 is 6.09 Å². The molecule has 0 atom stereocenters. The number of halogens is 1. The number of hydrogen-bond donors (Lipinski definition) is 0. The number of hydrogen-bond acceptors (Lipinski definition) is 4. The number of ether oxygens (including phenoxy) is 1. The largest absolute Gasteiger partial charge is 0.444 e. The standard InChI is InChI=1S/C16H26ClN3O2/c1-7-20(8-2)14-10-12(17)9-13(18-14)11-19(6)15(21)22-16(3,4)5/h9-10H,7-8,11H2,1-6H3. The van der Waals surface area contributed by atoms with Gasteiger partial charge in [-0.05, 0) is 46.8 Å². The summed E-state index contributed by atoms with van der Waals surface area (Å²) in [6.07, 6.45) is -0.376. The zero-order valence-corrected chi connectivity index (χ0v) is 15.1. The minimum atomic E-state index is -0.514. The van der Waals surface area contributed by atoms with Crippen LogP contribution in [-0.2, 0) is 11.3 Å². The second-order valence-corrected chi connectivity index (χ2v) is 6.58. The first-order valence-corrected chi connectivity index (χ1v) is 7.89. The Morgan fingerprint density at radius 3 is 2.36 bits per heavy atom. The van der Waals surface area contributed by atoms with Crippen LogP contribution < -0.4 is 4.90 Å². The lowest BCUT2D eigenvalue weighted by Crippen LogP contribution is -2.34. The van der Waals surface area contributed by atoms with Gasteiger partial charge in [-0.2, -0.15) is 0 Å². The topological polar surface area (TPSA) is 45.7 Å². The lowest BCUT2D eigenvalue weighted by atomic mass is 10.2. The molecule has 0 aliphatic heterocycles. The van der Waals surface area contributed by atoms with Crippen LogP contribution in [0.5, 0.6) is 0 Å². The Morgan fingerprint density at radius 1 is 1.27 bits per heavy atom. The molecule has 0 aromatic carbocycles. The Kier molecular flexibility index (Phi) is 6.48. The van der Waals surface area contributed by atoms with Crippen molar-refractivity contribution >= 4 is 23.5 Å². The third-order valence-corrected chi connectivity index (χ3v) is 3.24. The molecule has 124 valence electrons. The highest BCUT2D eigenvalue weighted by Gasteiger charge is 2.20. The van der Waals surface area contributed by atoms with Gasteiger partial charge in [-0.25, -0.2) is 9.78 Å². The summed E-state index contributed by atoms with van der Waals surface area (Å²) in [7, 11) is 1.69. The molecule has 0 aliphatic rings. The van der Waals surface area contributed by atoms with Crippen LogP contribution in [0, 0.1) is 0 Å². The normalized spacial score (nSPS) is 11.2. The summed E-state index contributed by atoms with van der Waals surface area (Å²) in [5, 5.41) is 0.615. The summed E-state index contributed by atoms with van der Waals surface area (Å²) in [5.41, 5.74) is 0.224. The van der Waals surface area contributed by atoms with Crippen molar-refractivity contribution in [1.82, 2.24) is 9.88 Å². The summed E-state index contributed by atoms with van der Waals surface area (Å²) in [4.78, 5) is 20.2. The molecule has 0 radical (unpaired) electrons. The van der Waals surface area contributed by atoms with E-state index < -0.39 is 5.60 Å². The molecule has 0 spiro atoms. The molecule has 22 heavy (non-hydrogen) atoms. The van der Waals surface area contributed by atoms with Gasteiger partial charge in [0, 0.05) is 25.2 Å². The predicted molar refractivity (Wildman–Crippen MR) is 90.5 cm³/mol. The van der Waals surface area contributed by atoms with E-state index in [0.717, 1.165) is 24.6 Å². The first-order valence-electron chi connectivity index (χ1n) is 7.51. The van der Waals surface area contributed by atoms with Crippen molar-refractivity contribution in [3.63, 3.8) is 0 Å². The third-order valence-electron chi connectivity index (χ3n) is 3.02. The minimum absolute atomic E-state index is 0.351. The number of carbonyl (C=O) groups is 1. The summed E-state index contributed by atoms with van der Waals surface area (Å²) in [6, 6.07) is 3.61. The van der Waals surface area contributed by atoms with Crippen molar-refractivity contribution < 1.29 is 9.53 Å². The minimum Gasteiger partial charge on any atom is -0.444 e. The van der Waals surface area contributed by atoms with Gasteiger partial charge in [-0.1, -0.05) is 11.6 Å². The third kappa shape index (κ3) is 5.72. The van der Waals surface area contributed by atoms with Crippen molar-refractivity contribution in [2.24, 2.45) is 0 Å². The lowest BCUT2D eigenvalue weighted by molar-refractivity contribution is 0.0283. The van der Waals surface area contributed by atoms with Crippen LogP contribution in [-0.4, -0.2) is 41.7 Å². The second-order valence-electron chi connectivity index (χ2n) is 6.14. The second kappa shape index (κ2) is 7.68. The van der Waals surface area contributed by atoms with Gasteiger partial charge in [-0.15, -0.1) is 0 Å². The van der Waals surface area contributed by atoms with E-state index in [9.17, 15) is 4.79 Å². The number of carbonyl (C=O) groups excluding carboxylic acids is 1. The maximum atomic E-state index is 12.0. The van der Waals surface area contributed by atoms with E-state index in [4.69, 9.17) is 16.3 Å². The van der Waals surface area contributed by atoms with Crippen molar-refractivity contribution in [1.29, 1.82) is 0 Å². The Labute approximate surface area is 138 Å². The summed E-state index contributed by atoms with van der Waals surface area (Å²) in [6.45, 7) is 11.7. The zero-order chi connectivity index (χ0) is 16.9. The van der Waals surface area contributed by atoms with Crippen LogP contribution in [0.25, 0.3) is 0 Å². The Morgan fingerprint density at radius 2 is 1.86 bits per heavy atom. The predicted octanol–water partition coefficient (Wildman–Crippen LogP) is 3.95. The van der Waals surface area contributed by atoms with Gasteiger partial charge in [-0.3, -0.25) is 0 Å². The van der Waals surface area contributed by atoms with Crippen LogP contribution in [0.1, 0.15) is 40.3 Å². The van der Waals surface area contributed by atoms with E-state index >= 15 is 0 Å². The maximum Gasteiger partial charge on any atom is 0.410 e. The van der Waals surface area contributed by atoms with Crippen molar-refractivity contribution in [3.8, 4) is 0 Å². The van der Waals surface area contributed by atoms with Crippen LogP contribution >= 0.6 is 11.6 Å². The number of anilines is 1. The van der Waals surface area contributed by atoms with Gasteiger partial charge < -0.3 is 14.5 Å². The first kappa shape index (κ1) is 18.6. The maximum absolute atomic E-state index is 12.0. The number of aromatic nitrogens is 1. The molecule has 0 saturated heterocycles. The van der Waals surface area contributed by atoms with Crippen LogP contribution in [0.4, 0.5) is 10.6 Å². The van der Waals surface area contributed by atoms with Gasteiger partial charge in [0.1, 0.15) is 11.4 Å². The van der Waals surface area contributed by atoms with Gasteiger partial charge in [0.2, 0.25) is 0 Å². The molecule has 0 fully saturated rings. The molecule has 0 unspecified atom stereocenters.